The lowest BCUT2D eigenvalue weighted by Crippen LogP contribution is -2.07. The van der Waals surface area contributed by atoms with E-state index in [-0.39, 0.29) is 0 Å². The molecule has 4 heteroatoms. The Morgan fingerprint density at radius 2 is 2.06 bits per heavy atom. The molecule has 4 nitrogen and oxygen atoms in total. The number of aryl methyl sites for hydroxylation is 1. The van der Waals surface area contributed by atoms with Crippen molar-refractivity contribution < 1.29 is 0 Å². The quantitative estimate of drug-likeness (QED) is 0.744. The molecule has 0 aromatic carbocycles. The van der Waals surface area contributed by atoms with Crippen molar-refractivity contribution in [2.45, 2.75) is 25.7 Å². The molecule has 1 aliphatic rings. The molecule has 3 rings (SSSR count). The average Bonchev–Trinajstić information content (AvgIpc) is 2.83. The molecule has 0 unspecified atom stereocenters. The minimum Gasteiger partial charge on any atom is -0.301 e. The van der Waals surface area contributed by atoms with Crippen LogP contribution in [-0.4, -0.2) is 14.5 Å². The highest BCUT2D eigenvalue weighted by Crippen LogP contribution is 2.22. The SMILES string of the molecule is N#Cc1ccc(-n2cnc3c2CCCC3)cn1. The van der Waals surface area contributed by atoms with Crippen molar-refractivity contribution >= 4 is 0 Å². The number of fused-ring (bicyclic) bond motifs is 1. The second-order valence-electron chi connectivity index (χ2n) is 4.23. The van der Waals surface area contributed by atoms with Crippen LogP contribution in [0.1, 0.15) is 29.9 Å². The Morgan fingerprint density at radius 1 is 1.18 bits per heavy atom. The van der Waals surface area contributed by atoms with Crippen LogP contribution in [0.25, 0.3) is 5.69 Å². The maximum Gasteiger partial charge on any atom is 0.140 e. The number of hydrogen-bond donors (Lipinski definition) is 0. The lowest BCUT2D eigenvalue weighted by Gasteiger charge is -2.13. The zero-order valence-electron chi connectivity index (χ0n) is 9.43. The summed E-state index contributed by atoms with van der Waals surface area (Å²) in [6.07, 6.45) is 8.20. The molecule has 0 aliphatic heterocycles. The average molecular weight is 224 g/mol. The largest absolute Gasteiger partial charge is 0.301 e. The van der Waals surface area contributed by atoms with Crippen molar-refractivity contribution in [1.29, 1.82) is 5.26 Å². The third-order valence-corrected chi connectivity index (χ3v) is 3.17. The van der Waals surface area contributed by atoms with Crippen molar-refractivity contribution in [1.82, 2.24) is 14.5 Å². The van der Waals surface area contributed by atoms with Crippen molar-refractivity contribution in [3.05, 3.63) is 41.7 Å². The topological polar surface area (TPSA) is 54.5 Å². The third kappa shape index (κ3) is 1.70. The Bertz CT molecular complexity index is 574. The number of nitriles is 1. The molecule has 0 saturated heterocycles. The summed E-state index contributed by atoms with van der Waals surface area (Å²) in [7, 11) is 0. The third-order valence-electron chi connectivity index (χ3n) is 3.17. The van der Waals surface area contributed by atoms with Gasteiger partial charge in [-0.2, -0.15) is 5.26 Å². The molecular weight excluding hydrogens is 212 g/mol. The Labute approximate surface area is 99.6 Å². The zero-order chi connectivity index (χ0) is 11.7. The van der Waals surface area contributed by atoms with E-state index in [1.54, 1.807) is 12.3 Å². The summed E-state index contributed by atoms with van der Waals surface area (Å²) in [6.45, 7) is 0. The first kappa shape index (κ1) is 10.0. The van der Waals surface area contributed by atoms with E-state index in [1.807, 2.05) is 18.5 Å². The first-order valence-corrected chi connectivity index (χ1v) is 5.80. The number of rotatable bonds is 1. The first-order chi connectivity index (χ1) is 8.38. The molecular formula is C13H12N4. The summed E-state index contributed by atoms with van der Waals surface area (Å²) in [5.74, 6) is 0. The molecule has 0 atom stereocenters. The van der Waals surface area contributed by atoms with Crippen molar-refractivity contribution in [2.24, 2.45) is 0 Å². The van der Waals surface area contributed by atoms with Gasteiger partial charge in [0.15, 0.2) is 0 Å². The molecule has 0 saturated carbocycles. The fourth-order valence-corrected chi connectivity index (χ4v) is 2.29. The van der Waals surface area contributed by atoms with Crippen LogP contribution in [0.3, 0.4) is 0 Å². The fraction of sp³-hybridized carbons (Fsp3) is 0.308. The maximum absolute atomic E-state index is 8.72. The van der Waals surface area contributed by atoms with Gasteiger partial charge in [0.05, 0.1) is 23.9 Å². The highest BCUT2D eigenvalue weighted by molar-refractivity contribution is 5.36. The maximum atomic E-state index is 8.72. The number of nitrogens with zero attached hydrogens (tertiary/aromatic N) is 4. The fourth-order valence-electron chi connectivity index (χ4n) is 2.29. The van der Waals surface area contributed by atoms with Crippen molar-refractivity contribution in [2.75, 3.05) is 0 Å². The van der Waals surface area contributed by atoms with Crippen LogP contribution in [0.2, 0.25) is 0 Å². The molecule has 84 valence electrons. The first-order valence-electron chi connectivity index (χ1n) is 5.80. The molecule has 0 bridgehead atoms. The van der Waals surface area contributed by atoms with E-state index < -0.39 is 0 Å². The molecule has 1 aliphatic carbocycles. The summed E-state index contributed by atoms with van der Waals surface area (Å²) in [4.78, 5) is 8.54. The molecule has 0 spiro atoms. The summed E-state index contributed by atoms with van der Waals surface area (Å²) in [5.41, 5.74) is 3.94. The zero-order valence-corrected chi connectivity index (χ0v) is 9.43. The molecule has 2 heterocycles. The van der Waals surface area contributed by atoms with Gasteiger partial charge < -0.3 is 4.57 Å². The van der Waals surface area contributed by atoms with E-state index >= 15 is 0 Å². The van der Waals surface area contributed by atoms with Gasteiger partial charge in [-0.25, -0.2) is 9.97 Å². The smallest absolute Gasteiger partial charge is 0.140 e. The number of imidazole rings is 1. The van der Waals surface area contributed by atoms with E-state index in [9.17, 15) is 0 Å². The monoisotopic (exact) mass is 224 g/mol. The van der Waals surface area contributed by atoms with Gasteiger partial charge in [-0.05, 0) is 37.8 Å². The van der Waals surface area contributed by atoms with Gasteiger partial charge in [-0.3, -0.25) is 0 Å². The second kappa shape index (κ2) is 4.02. The normalized spacial score (nSPS) is 14.1. The minimum absolute atomic E-state index is 0.447. The van der Waals surface area contributed by atoms with E-state index in [4.69, 9.17) is 5.26 Å². The number of hydrogen-bond acceptors (Lipinski definition) is 3. The molecule has 2 aromatic heterocycles. The van der Waals surface area contributed by atoms with Gasteiger partial charge in [-0.1, -0.05) is 0 Å². The van der Waals surface area contributed by atoms with E-state index in [2.05, 4.69) is 14.5 Å². The van der Waals surface area contributed by atoms with Gasteiger partial charge in [0.1, 0.15) is 11.8 Å². The van der Waals surface area contributed by atoms with Crippen molar-refractivity contribution in [3.63, 3.8) is 0 Å². The van der Waals surface area contributed by atoms with Crippen LogP contribution in [0.4, 0.5) is 0 Å². The van der Waals surface area contributed by atoms with Crippen molar-refractivity contribution in [3.8, 4) is 11.8 Å². The summed E-state index contributed by atoms with van der Waals surface area (Å²) in [5, 5.41) is 8.72. The van der Waals surface area contributed by atoms with E-state index in [0.717, 1.165) is 18.5 Å². The van der Waals surface area contributed by atoms with Crippen LogP contribution in [-0.2, 0) is 12.8 Å². The Kier molecular flexibility index (Phi) is 2.37. The van der Waals surface area contributed by atoms with Crippen LogP contribution in [0.5, 0.6) is 0 Å². The van der Waals surface area contributed by atoms with E-state index in [0.29, 0.717) is 5.69 Å². The molecule has 0 fully saturated rings. The Morgan fingerprint density at radius 3 is 2.82 bits per heavy atom. The predicted octanol–water partition coefficient (Wildman–Crippen LogP) is 2.02. The lowest BCUT2D eigenvalue weighted by molar-refractivity contribution is 0.655. The van der Waals surface area contributed by atoms with E-state index in [1.165, 1.54) is 24.2 Å². The molecule has 0 radical (unpaired) electrons. The van der Waals surface area contributed by atoms with Gasteiger partial charge in [0.25, 0.3) is 0 Å². The van der Waals surface area contributed by atoms with Gasteiger partial charge in [0, 0.05) is 5.69 Å². The van der Waals surface area contributed by atoms with Gasteiger partial charge >= 0.3 is 0 Å². The highest BCUT2D eigenvalue weighted by Gasteiger charge is 2.15. The Hall–Kier alpha value is -2.15. The summed E-state index contributed by atoms with van der Waals surface area (Å²) in [6, 6.07) is 5.69. The Balaban J connectivity index is 2.03. The van der Waals surface area contributed by atoms with Crippen LogP contribution in [0, 0.1) is 11.3 Å². The van der Waals surface area contributed by atoms with Gasteiger partial charge in [0.2, 0.25) is 0 Å². The molecule has 17 heavy (non-hydrogen) atoms. The summed E-state index contributed by atoms with van der Waals surface area (Å²) >= 11 is 0. The van der Waals surface area contributed by atoms with Crippen LogP contribution >= 0.6 is 0 Å². The van der Waals surface area contributed by atoms with Gasteiger partial charge in [-0.15, -0.1) is 0 Å². The molecule has 0 N–H and O–H groups in total. The minimum atomic E-state index is 0.447. The standard InChI is InChI=1S/C13H12N4/c14-7-10-5-6-11(8-15-10)17-9-16-12-3-1-2-4-13(12)17/h5-6,8-9H,1-4H2. The van der Waals surface area contributed by atoms with Crippen LogP contribution in [0.15, 0.2) is 24.7 Å². The molecule has 2 aromatic rings. The highest BCUT2D eigenvalue weighted by atomic mass is 15.1. The lowest BCUT2D eigenvalue weighted by atomic mass is 10.0. The predicted molar refractivity (Wildman–Crippen MR) is 62.7 cm³/mol. The summed E-state index contributed by atoms with van der Waals surface area (Å²) < 4.78 is 2.09. The number of pyridine rings is 1. The van der Waals surface area contributed by atoms with Crippen LogP contribution < -0.4 is 0 Å². The molecule has 0 amide bonds. The second-order valence-corrected chi connectivity index (χ2v) is 4.23. The number of aromatic nitrogens is 3.